The van der Waals surface area contributed by atoms with Gasteiger partial charge in [-0.3, -0.25) is 14.9 Å². The maximum atomic E-state index is 10.7. The Balaban J connectivity index is 1.59. The highest BCUT2D eigenvalue weighted by Crippen LogP contribution is 2.19. The Morgan fingerprint density at radius 2 is 1.45 bits per heavy atom. The fourth-order valence-electron chi connectivity index (χ4n) is 3.51. The fraction of sp³-hybridized carbons (Fsp3) is 0.385. The molecule has 3 rings (SSSR count). The van der Waals surface area contributed by atoms with Gasteiger partial charge in [-0.25, -0.2) is 0 Å². The zero-order chi connectivity index (χ0) is 23.3. The summed E-state index contributed by atoms with van der Waals surface area (Å²) in [5.74, 6) is 0.814. The van der Waals surface area contributed by atoms with Crippen molar-refractivity contribution in [2.75, 3.05) is 39.5 Å². The highest BCUT2D eigenvalue weighted by atomic mass is 16.5. The van der Waals surface area contributed by atoms with Gasteiger partial charge in [0, 0.05) is 62.2 Å². The third kappa shape index (κ3) is 8.55. The highest BCUT2D eigenvalue weighted by molar-refractivity contribution is 5.27. The first-order valence-corrected chi connectivity index (χ1v) is 11.3. The van der Waals surface area contributed by atoms with Crippen LogP contribution >= 0.6 is 0 Å². The Kier molecular flexibility index (Phi) is 10.3. The van der Waals surface area contributed by atoms with E-state index >= 15 is 0 Å². The summed E-state index contributed by atoms with van der Waals surface area (Å²) in [6.45, 7) is 5.21. The van der Waals surface area contributed by atoms with Gasteiger partial charge in [-0.1, -0.05) is 24.3 Å². The lowest BCUT2D eigenvalue weighted by Crippen LogP contribution is -2.34. The van der Waals surface area contributed by atoms with Crippen molar-refractivity contribution in [3.05, 3.63) is 90.0 Å². The molecule has 3 aromatic rings. The first kappa shape index (κ1) is 24.8. The van der Waals surface area contributed by atoms with Crippen LogP contribution in [0, 0.1) is 0 Å². The Bertz CT molecular complexity index is 862. The molecule has 7 heteroatoms. The van der Waals surface area contributed by atoms with Crippen LogP contribution in [0.5, 0.6) is 5.75 Å². The second kappa shape index (κ2) is 13.6. The first-order valence-electron chi connectivity index (χ1n) is 11.3. The van der Waals surface area contributed by atoms with E-state index in [9.17, 15) is 10.2 Å². The zero-order valence-electron chi connectivity index (χ0n) is 19.1. The van der Waals surface area contributed by atoms with E-state index < -0.39 is 12.2 Å². The third-order valence-electron chi connectivity index (χ3n) is 5.34. The Morgan fingerprint density at radius 1 is 0.848 bits per heavy atom. The average Bonchev–Trinajstić information content (AvgIpc) is 2.87. The minimum Gasteiger partial charge on any atom is -0.491 e. The maximum absolute atomic E-state index is 10.7. The van der Waals surface area contributed by atoms with Crippen LogP contribution in [0.15, 0.2) is 73.3 Å². The van der Waals surface area contributed by atoms with E-state index in [2.05, 4.69) is 14.9 Å². The van der Waals surface area contributed by atoms with Crippen LogP contribution in [0.4, 0.5) is 0 Å². The summed E-state index contributed by atoms with van der Waals surface area (Å²) in [4.78, 5) is 10.3. The normalized spacial score (nSPS) is 13.1. The van der Waals surface area contributed by atoms with Crippen LogP contribution in [0.2, 0.25) is 0 Å². The molecule has 0 aliphatic rings. The molecular formula is C26H33N3O4. The summed E-state index contributed by atoms with van der Waals surface area (Å²) >= 11 is 0. The van der Waals surface area contributed by atoms with Gasteiger partial charge in [-0.05, 0) is 43.2 Å². The van der Waals surface area contributed by atoms with Crippen molar-refractivity contribution in [1.82, 2.24) is 14.9 Å². The zero-order valence-corrected chi connectivity index (χ0v) is 19.1. The van der Waals surface area contributed by atoms with E-state index in [-0.39, 0.29) is 0 Å². The molecule has 0 bridgehead atoms. The van der Waals surface area contributed by atoms with Crippen LogP contribution in [0.1, 0.15) is 35.8 Å². The molecule has 0 fully saturated rings. The highest BCUT2D eigenvalue weighted by Gasteiger charge is 2.18. The van der Waals surface area contributed by atoms with Gasteiger partial charge in [0.1, 0.15) is 12.4 Å². The van der Waals surface area contributed by atoms with Gasteiger partial charge in [0.2, 0.25) is 0 Å². The van der Waals surface area contributed by atoms with Crippen LogP contribution in [0.25, 0.3) is 0 Å². The van der Waals surface area contributed by atoms with Crippen molar-refractivity contribution in [2.45, 2.75) is 25.6 Å². The van der Waals surface area contributed by atoms with Gasteiger partial charge in [0.25, 0.3) is 0 Å². The summed E-state index contributed by atoms with van der Waals surface area (Å²) < 4.78 is 11.0. The fourth-order valence-corrected chi connectivity index (χ4v) is 3.51. The largest absolute Gasteiger partial charge is 0.491 e. The number of aliphatic hydroxyl groups excluding tert-OH is 2. The van der Waals surface area contributed by atoms with E-state index in [1.807, 2.05) is 55.5 Å². The van der Waals surface area contributed by atoms with Gasteiger partial charge in [0.15, 0.2) is 0 Å². The van der Waals surface area contributed by atoms with E-state index in [1.165, 1.54) is 0 Å². The first-order chi connectivity index (χ1) is 16.2. The standard InChI is InChI=1S/C26H33N3O4/c1-2-32-15-16-33-24-9-7-21(8-10-24)11-14-29(19-25(30)22-5-3-12-27-17-22)20-26(31)23-6-4-13-28-18-23/h3-10,12-13,17-18,25-26,30-31H,2,11,14-16,19-20H2,1H3. The predicted octanol–water partition coefficient (Wildman–Crippen LogP) is 3.20. The van der Waals surface area contributed by atoms with E-state index in [4.69, 9.17) is 9.47 Å². The number of hydrogen-bond acceptors (Lipinski definition) is 7. The molecule has 2 N–H and O–H groups in total. The summed E-state index contributed by atoms with van der Waals surface area (Å²) in [5.41, 5.74) is 2.67. The number of rotatable bonds is 14. The summed E-state index contributed by atoms with van der Waals surface area (Å²) in [6, 6.07) is 15.3. The number of benzene rings is 1. The van der Waals surface area contributed by atoms with E-state index in [0.29, 0.717) is 39.5 Å². The molecule has 176 valence electrons. The number of aromatic nitrogens is 2. The maximum Gasteiger partial charge on any atom is 0.119 e. The number of aliphatic hydroxyl groups is 2. The SMILES string of the molecule is CCOCCOc1ccc(CCN(CC(O)c2cccnc2)CC(O)c2cccnc2)cc1. The van der Waals surface area contributed by atoms with Crippen LogP contribution in [-0.4, -0.2) is 64.5 Å². The van der Waals surface area contributed by atoms with Gasteiger partial charge < -0.3 is 19.7 Å². The molecule has 0 radical (unpaired) electrons. The molecule has 7 nitrogen and oxygen atoms in total. The number of ether oxygens (including phenoxy) is 2. The smallest absolute Gasteiger partial charge is 0.119 e. The third-order valence-corrected chi connectivity index (χ3v) is 5.34. The predicted molar refractivity (Wildman–Crippen MR) is 127 cm³/mol. The monoisotopic (exact) mass is 451 g/mol. The number of hydrogen-bond donors (Lipinski definition) is 2. The molecule has 1 aromatic carbocycles. The van der Waals surface area contributed by atoms with Gasteiger partial charge in [-0.15, -0.1) is 0 Å². The Hall–Kier alpha value is -2.84. The molecule has 2 aromatic heterocycles. The lowest BCUT2D eigenvalue weighted by molar-refractivity contribution is 0.0691. The molecule has 2 atom stereocenters. The molecule has 0 saturated heterocycles. The second-order valence-corrected chi connectivity index (χ2v) is 7.80. The van der Waals surface area contributed by atoms with Crippen LogP contribution < -0.4 is 4.74 Å². The van der Waals surface area contributed by atoms with Crippen LogP contribution in [-0.2, 0) is 11.2 Å². The topological polar surface area (TPSA) is 87.9 Å². The molecule has 0 aliphatic heterocycles. The summed E-state index contributed by atoms with van der Waals surface area (Å²) in [7, 11) is 0. The van der Waals surface area contributed by atoms with Crippen molar-refractivity contribution in [2.24, 2.45) is 0 Å². The summed E-state index contributed by atoms with van der Waals surface area (Å²) in [5, 5.41) is 21.5. The van der Waals surface area contributed by atoms with Gasteiger partial charge in [-0.2, -0.15) is 0 Å². The molecule has 0 amide bonds. The Morgan fingerprint density at radius 3 is 1.97 bits per heavy atom. The molecule has 0 saturated carbocycles. The van der Waals surface area contributed by atoms with E-state index in [1.54, 1.807) is 24.8 Å². The van der Waals surface area contributed by atoms with Gasteiger partial charge >= 0.3 is 0 Å². The van der Waals surface area contributed by atoms with E-state index in [0.717, 1.165) is 28.9 Å². The van der Waals surface area contributed by atoms with Crippen molar-refractivity contribution in [3.63, 3.8) is 0 Å². The Labute approximate surface area is 195 Å². The molecule has 33 heavy (non-hydrogen) atoms. The lowest BCUT2D eigenvalue weighted by Gasteiger charge is -2.27. The summed E-state index contributed by atoms with van der Waals surface area (Å²) in [6.07, 6.45) is 6.10. The van der Waals surface area contributed by atoms with Gasteiger partial charge in [0.05, 0.1) is 18.8 Å². The average molecular weight is 452 g/mol. The second-order valence-electron chi connectivity index (χ2n) is 7.80. The van der Waals surface area contributed by atoms with Crippen LogP contribution in [0.3, 0.4) is 0 Å². The number of pyridine rings is 2. The molecular weight excluding hydrogens is 418 g/mol. The van der Waals surface area contributed by atoms with Crippen molar-refractivity contribution < 1.29 is 19.7 Å². The number of nitrogens with zero attached hydrogens (tertiary/aromatic N) is 3. The molecule has 2 heterocycles. The van der Waals surface area contributed by atoms with Crippen molar-refractivity contribution in [1.29, 1.82) is 0 Å². The van der Waals surface area contributed by atoms with Crippen molar-refractivity contribution in [3.8, 4) is 5.75 Å². The molecule has 0 spiro atoms. The minimum absolute atomic E-state index is 0.391. The lowest BCUT2D eigenvalue weighted by atomic mass is 10.1. The minimum atomic E-state index is -0.694. The van der Waals surface area contributed by atoms with Crippen molar-refractivity contribution >= 4 is 0 Å². The quantitative estimate of drug-likeness (QED) is 0.364. The molecule has 2 unspecified atom stereocenters. The molecule has 0 aliphatic carbocycles.